The quantitative estimate of drug-likeness (QED) is 0.284. The predicted octanol–water partition coefficient (Wildman–Crippen LogP) is 5.55. The number of benzene rings is 3. The maximum atomic E-state index is 14.4. The molecule has 0 fully saturated rings. The molecule has 0 spiro atoms. The van der Waals surface area contributed by atoms with Gasteiger partial charge in [-0.1, -0.05) is 37.3 Å². The average Bonchev–Trinajstić information content (AvgIpc) is 2.94. The second-order valence-corrected chi connectivity index (χ2v) is 13.8. The summed E-state index contributed by atoms with van der Waals surface area (Å²) in [5.41, 5.74) is 3.32. The van der Waals surface area contributed by atoms with E-state index in [-0.39, 0.29) is 23.1 Å². The van der Waals surface area contributed by atoms with Crippen LogP contribution in [0.25, 0.3) is 0 Å². The van der Waals surface area contributed by atoms with Gasteiger partial charge in [0.1, 0.15) is 12.6 Å². The van der Waals surface area contributed by atoms with Crippen molar-refractivity contribution >= 4 is 27.5 Å². The Morgan fingerprint density at radius 3 is 2.05 bits per heavy atom. The van der Waals surface area contributed by atoms with Gasteiger partial charge in [-0.2, -0.15) is 0 Å². The van der Waals surface area contributed by atoms with Gasteiger partial charge in [0, 0.05) is 18.2 Å². The molecule has 3 aromatic carbocycles. The van der Waals surface area contributed by atoms with Crippen molar-refractivity contribution < 1.29 is 27.5 Å². The molecule has 44 heavy (non-hydrogen) atoms. The van der Waals surface area contributed by atoms with Crippen molar-refractivity contribution in [1.29, 1.82) is 0 Å². The van der Waals surface area contributed by atoms with Crippen LogP contribution >= 0.6 is 0 Å². The van der Waals surface area contributed by atoms with Crippen molar-refractivity contribution in [2.75, 3.05) is 25.1 Å². The van der Waals surface area contributed by atoms with E-state index < -0.39 is 34.1 Å². The third-order valence-corrected chi connectivity index (χ3v) is 8.97. The van der Waals surface area contributed by atoms with Crippen LogP contribution in [0, 0.1) is 20.8 Å². The van der Waals surface area contributed by atoms with Crippen LogP contribution in [-0.2, 0) is 26.2 Å². The fourth-order valence-corrected chi connectivity index (χ4v) is 6.48. The molecule has 0 aliphatic carbocycles. The molecule has 0 radical (unpaired) electrons. The molecule has 0 aliphatic heterocycles. The molecule has 0 saturated heterocycles. The van der Waals surface area contributed by atoms with Gasteiger partial charge in [-0.3, -0.25) is 13.9 Å². The summed E-state index contributed by atoms with van der Waals surface area (Å²) in [5, 5.41) is 2.99. The molecule has 10 heteroatoms. The number of nitrogens with one attached hydrogen (secondary N) is 1. The van der Waals surface area contributed by atoms with Crippen LogP contribution in [0.15, 0.2) is 65.6 Å². The molecule has 0 unspecified atom stereocenters. The van der Waals surface area contributed by atoms with Crippen LogP contribution in [0.5, 0.6) is 11.5 Å². The number of aryl methyl sites for hydroxylation is 3. The predicted molar refractivity (Wildman–Crippen MR) is 174 cm³/mol. The van der Waals surface area contributed by atoms with Gasteiger partial charge in [0.25, 0.3) is 10.0 Å². The van der Waals surface area contributed by atoms with Gasteiger partial charge in [-0.25, -0.2) is 8.42 Å². The summed E-state index contributed by atoms with van der Waals surface area (Å²) in [6, 6.07) is 16.5. The summed E-state index contributed by atoms with van der Waals surface area (Å²) in [4.78, 5) is 29.3. The first-order valence-corrected chi connectivity index (χ1v) is 16.0. The minimum atomic E-state index is -4.29. The highest BCUT2D eigenvalue weighted by atomic mass is 32.2. The van der Waals surface area contributed by atoms with Crippen molar-refractivity contribution in [3.05, 3.63) is 82.9 Å². The molecule has 238 valence electrons. The lowest BCUT2D eigenvalue weighted by atomic mass is 10.0. The maximum absolute atomic E-state index is 14.4. The highest BCUT2D eigenvalue weighted by molar-refractivity contribution is 7.92. The van der Waals surface area contributed by atoms with E-state index in [2.05, 4.69) is 5.32 Å². The first kappa shape index (κ1) is 34.4. The van der Waals surface area contributed by atoms with Gasteiger partial charge in [0.15, 0.2) is 11.5 Å². The van der Waals surface area contributed by atoms with Crippen molar-refractivity contribution in [3.63, 3.8) is 0 Å². The molecular formula is C34H45N3O6S. The minimum Gasteiger partial charge on any atom is -0.493 e. The SMILES string of the molecule is CC[C@@H](C(=O)NC(C)(C)C)N(Cc1ccccc1C)C(=O)CN(c1cc(C)cc(C)c1)S(=O)(=O)c1ccc(OC)c(OC)c1. The number of hydrogen-bond donors (Lipinski definition) is 1. The van der Waals surface area contributed by atoms with Crippen LogP contribution in [-0.4, -0.2) is 57.5 Å². The normalized spacial score (nSPS) is 12.3. The number of hydrogen-bond acceptors (Lipinski definition) is 6. The van der Waals surface area contributed by atoms with E-state index in [1.54, 1.807) is 12.1 Å². The summed E-state index contributed by atoms with van der Waals surface area (Å²) >= 11 is 0. The molecule has 9 nitrogen and oxygen atoms in total. The summed E-state index contributed by atoms with van der Waals surface area (Å²) in [7, 11) is -1.39. The maximum Gasteiger partial charge on any atom is 0.264 e. The number of rotatable bonds is 12. The Morgan fingerprint density at radius 2 is 1.50 bits per heavy atom. The van der Waals surface area contributed by atoms with E-state index in [1.165, 1.54) is 37.3 Å². The summed E-state index contributed by atoms with van der Waals surface area (Å²) in [5.74, 6) is -0.193. The highest BCUT2D eigenvalue weighted by Crippen LogP contribution is 2.33. The van der Waals surface area contributed by atoms with E-state index in [0.29, 0.717) is 17.9 Å². The van der Waals surface area contributed by atoms with Gasteiger partial charge in [-0.15, -0.1) is 0 Å². The fourth-order valence-electron chi connectivity index (χ4n) is 5.07. The zero-order valence-corrected chi connectivity index (χ0v) is 28.0. The summed E-state index contributed by atoms with van der Waals surface area (Å²) in [6.07, 6.45) is 0.339. The Morgan fingerprint density at radius 1 is 0.886 bits per heavy atom. The van der Waals surface area contributed by atoms with E-state index in [9.17, 15) is 18.0 Å². The third kappa shape index (κ3) is 8.31. The Hall–Kier alpha value is -4.05. The number of anilines is 1. The minimum absolute atomic E-state index is 0.0647. The number of nitrogens with zero attached hydrogens (tertiary/aromatic N) is 2. The molecule has 0 bridgehead atoms. The number of ether oxygens (including phenoxy) is 2. The third-order valence-electron chi connectivity index (χ3n) is 7.20. The lowest BCUT2D eigenvalue weighted by molar-refractivity contribution is -0.141. The molecule has 1 atom stereocenters. The number of carbonyl (C=O) groups is 2. The van der Waals surface area contributed by atoms with Crippen molar-refractivity contribution in [3.8, 4) is 11.5 Å². The van der Waals surface area contributed by atoms with Crippen LogP contribution in [0.2, 0.25) is 0 Å². The smallest absolute Gasteiger partial charge is 0.264 e. The fraction of sp³-hybridized carbons (Fsp3) is 0.412. The zero-order valence-electron chi connectivity index (χ0n) is 27.2. The van der Waals surface area contributed by atoms with Crippen LogP contribution in [0.3, 0.4) is 0 Å². The topological polar surface area (TPSA) is 105 Å². The largest absolute Gasteiger partial charge is 0.493 e. The van der Waals surface area contributed by atoms with Gasteiger partial charge in [0.2, 0.25) is 11.8 Å². The molecule has 2 amide bonds. The lowest BCUT2D eigenvalue weighted by Gasteiger charge is -2.35. The van der Waals surface area contributed by atoms with Crippen molar-refractivity contribution in [2.45, 2.75) is 77.9 Å². The van der Waals surface area contributed by atoms with Gasteiger partial charge in [0.05, 0.1) is 24.8 Å². The number of amides is 2. The molecule has 0 saturated carbocycles. The Labute approximate surface area is 262 Å². The van der Waals surface area contributed by atoms with Gasteiger partial charge >= 0.3 is 0 Å². The number of sulfonamides is 1. The van der Waals surface area contributed by atoms with Crippen molar-refractivity contribution in [1.82, 2.24) is 10.2 Å². The van der Waals surface area contributed by atoms with Gasteiger partial charge in [-0.05, 0) is 94.5 Å². The second-order valence-electron chi connectivity index (χ2n) is 12.0. The van der Waals surface area contributed by atoms with Crippen molar-refractivity contribution in [2.24, 2.45) is 0 Å². The molecule has 0 aliphatic rings. The Kier molecular flexibility index (Phi) is 11.1. The summed E-state index contributed by atoms with van der Waals surface area (Å²) in [6.45, 7) is 12.8. The zero-order chi connectivity index (χ0) is 32.8. The first-order chi connectivity index (χ1) is 20.6. The Bertz CT molecular complexity index is 1580. The monoisotopic (exact) mass is 623 g/mol. The van der Waals surface area contributed by atoms with Crippen LogP contribution in [0.1, 0.15) is 56.4 Å². The molecule has 3 rings (SSSR count). The van der Waals surface area contributed by atoms with E-state index in [1.807, 2.05) is 78.8 Å². The van der Waals surface area contributed by atoms with E-state index in [0.717, 1.165) is 26.6 Å². The van der Waals surface area contributed by atoms with Crippen LogP contribution in [0.4, 0.5) is 5.69 Å². The second kappa shape index (κ2) is 14.2. The molecule has 0 aromatic heterocycles. The van der Waals surface area contributed by atoms with E-state index in [4.69, 9.17) is 9.47 Å². The molecule has 1 N–H and O–H groups in total. The summed E-state index contributed by atoms with van der Waals surface area (Å²) < 4.78 is 40.5. The molecule has 0 heterocycles. The number of carbonyl (C=O) groups excluding carboxylic acids is 2. The highest BCUT2D eigenvalue weighted by Gasteiger charge is 2.35. The number of methoxy groups -OCH3 is 2. The molecular weight excluding hydrogens is 578 g/mol. The Balaban J connectivity index is 2.16. The first-order valence-electron chi connectivity index (χ1n) is 14.6. The van der Waals surface area contributed by atoms with Gasteiger partial charge < -0.3 is 19.7 Å². The lowest BCUT2D eigenvalue weighted by Crippen LogP contribution is -2.55. The van der Waals surface area contributed by atoms with E-state index >= 15 is 0 Å². The standard InChI is InChI=1S/C34H45N3O6S/c1-10-29(33(39)35-34(5,6)7)36(21-26-14-12-11-13-25(26)4)32(38)22-37(27-18-23(2)17-24(3)19-27)44(40,41)28-15-16-30(42-8)31(20-28)43-9/h11-20,29H,10,21-22H2,1-9H3,(H,35,39)/t29-/m0/s1. The van der Waals surface area contributed by atoms with Crippen LogP contribution < -0.4 is 19.1 Å². The molecule has 3 aromatic rings. The average molecular weight is 624 g/mol.